The van der Waals surface area contributed by atoms with Crippen molar-refractivity contribution < 1.29 is 18.0 Å². The number of anilines is 1. The van der Waals surface area contributed by atoms with Crippen LogP contribution >= 0.6 is 23.2 Å². The molecule has 1 N–H and O–H groups in total. The summed E-state index contributed by atoms with van der Waals surface area (Å²) in [5.74, 6) is -0.924. The van der Waals surface area contributed by atoms with E-state index in [9.17, 15) is 18.0 Å². The van der Waals surface area contributed by atoms with Gasteiger partial charge in [0.2, 0.25) is 11.8 Å². The molecule has 0 saturated heterocycles. The number of amides is 2. The van der Waals surface area contributed by atoms with Crippen LogP contribution in [-0.4, -0.2) is 44.3 Å². The highest BCUT2D eigenvalue weighted by molar-refractivity contribution is 7.92. The van der Waals surface area contributed by atoms with Crippen molar-refractivity contribution >= 4 is 50.7 Å². The van der Waals surface area contributed by atoms with Gasteiger partial charge in [-0.3, -0.25) is 13.9 Å². The van der Waals surface area contributed by atoms with Crippen LogP contribution in [0.5, 0.6) is 0 Å². The monoisotopic (exact) mass is 589 g/mol. The van der Waals surface area contributed by atoms with Crippen molar-refractivity contribution in [2.75, 3.05) is 17.4 Å². The lowest BCUT2D eigenvalue weighted by Gasteiger charge is -2.32. The summed E-state index contributed by atoms with van der Waals surface area (Å²) in [6.07, 6.45) is 0. The fraction of sp³-hybridized carbons (Fsp3) is 0.310. The van der Waals surface area contributed by atoms with Gasteiger partial charge in [-0.05, 0) is 81.6 Å². The van der Waals surface area contributed by atoms with Crippen molar-refractivity contribution in [3.8, 4) is 0 Å². The first kappa shape index (κ1) is 30.5. The summed E-state index contributed by atoms with van der Waals surface area (Å²) >= 11 is 12.4. The van der Waals surface area contributed by atoms with E-state index in [1.807, 2.05) is 26.0 Å². The molecule has 0 fully saturated rings. The number of aryl methyl sites for hydroxylation is 3. The van der Waals surface area contributed by atoms with Gasteiger partial charge in [-0.25, -0.2) is 8.42 Å². The van der Waals surface area contributed by atoms with Gasteiger partial charge in [0, 0.05) is 23.1 Å². The highest BCUT2D eigenvalue weighted by Crippen LogP contribution is 2.29. The Labute approximate surface area is 240 Å². The lowest BCUT2D eigenvalue weighted by atomic mass is 10.1. The molecule has 3 rings (SSSR count). The fourth-order valence-electron chi connectivity index (χ4n) is 4.08. The van der Waals surface area contributed by atoms with Crippen LogP contribution in [-0.2, 0) is 26.2 Å². The molecule has 3 aromatic rings. The molecule has 2 amide bonds. The number of nitrogens with zero attached hydrogens (tertiary/aromatic N) is 2. The van der Waals surface area contributed by atoms with E-state index in [2.05, 4.69) is 5.32 Å². The lowest BCUT2D eigenvalue weighted by molar-refractivity contribution is -0.139. The molecule has 0 saturated carbocycles. The molecule has 3 aromatic carbocycles. The number of carbonyl (C=O) groups is 2. The minimum Gasteiger partial charge on any atom is -0.355 e. The van der Waals surface area contributed by atoms with E-state index in [-0.39, 0.29) is 17.3 Å². The standard InChI is InChI=1S/C29H33Cl2N3O4S/c1-6-32-29(36)22(5)33(17-23-11-12-24(30)16-26(23)31)28(35)18-34(27-15-20(3)7-10-21(27)4)39(37,38)25-13-8-19(2)9-14-25/h7-16,22H,6,17-18H2,1-5H3,(H,32,36)/t22-/m0/s1. The first-order valence-electron chi connectivity index (χ1n) is 12.5. The van der Waals surface area contributed by atoms with Gasteiger partial charge >= 0.3 is 0 Å². The predicted octanol–water partition coefficient (Wildman–Crippen LogP) is 5.67. The Bertz CT molecular complexity index is 1460. The van der Waals surface area contributed by atoms with Crippen LogP contribution in [0.2, 0.25) is 10.0 Å². The molecule has 39 heavy (non-hydrogen) atoms. The smallest absolute Gasteiger partial charge is 0.264 e. The molecule has 0 bridgehead atoms. The Kier molecular flexibility index (Phi) is 10.0. The minimum atomic E-state index is -4.14. The van der Waals surface area contributed by atoms with Gasteiger partial charge < -0.3 is 10.2 Å². The third-order valence-corrected chi connectivity index (χ3v) is 8.76. The van der Waals surface area contributed by atoms with E-state index < -0.39 is 28.5 Å². The second kappa shape index (κ2) is 12.9. The Morgan fingerprint density at radius 2 is 1.56 bits per heavy atom. The second-order valence-electron chi connectivity index (χ2n) is 9.44. The second-order valence-corrected chi connectivity index (χ2v) is 12.1. The van der Waals surface area contributed by atoms with Crippen LogP contribution in [0.15, 0.2) is 65.6 Å². The molecule has 0 heterocycles. The summed E-state index contributed by atoms with van der Waals surface area (Å²) in [6.45, 7) is 8.74. The maximum atomic E-state index is 14.0. The lowest BCUT2D eigenvalue weighted by Crippen LogP contribution is -2.51. The summed E-state index contributed by atoms with van der Waals surface area (Å²) in [5.41, 5.74) is 3.40. The Morgan fingerprint density at radius 3 is 2.18 bits per heavy atom. The zero-order chi connectivity index (χ0) is 28.9. The molecular formula is C29H33Cl2N3O4S. The van der Waals surface area contributed by atoms with E-state index >= 15 is 0 Å². The Morgan fingerprint density at radius 1 is 0.923 bits per heavy atom. The zero-order valence-corrected chi connectivity index (χ0v) is 25.0. The fourth-order valence-corrected chi connectivity index (χ4v) is 6.02. The number of nitrogens with one attached hydrogen (secondary N) is 1. The summed E-state index contributed by atoms with van der Waals surface area (Å²) < 4.78 is 29.0. The van der Waals surface area contributed by atoms with Gasteiger partial charge in [0.25, 0.3) is 10.0 Å². The third kappa shape index (κ3) is 7.32. The quantitative estimate of drug-likeness (QED) is 0.330. The number of halogens is 2. The van der Waals surface area contributed by atoms with Crippen LogP contribution < -0.4 is 9.62 Å². The molecule has 0 spiro atoms. The predicted molar refractivity (Wildman–Crippen MR) is 157 cm³/mol. The van der Waals surface area contributed by atoms with Crippen molar-refractivity contribution in [2.24, 2.45) is 0 Å². The molecule has 0 radical (unpaired) electrons. The molecule has 0 aliphatic carbocycles. The number of rotatable bonds is 10. The highest BCUT2D eigenvalue weighted by Gasteiger charge is 2.33. The van der Waals surface area contributed by atoms with E-state index in [1.165, 1.54) is 17.0 Å². The molecule has 0 aliphatic rings. The van der Waals surface area contributed by atoms with Crippen LogP contribution in [0.4, 0.5) is 5.69 Å². The number of hydrogen-bond donors (Lipinski definition) is 1. The third-order valence-electron chi connectivity index (χ3n) is 6.40. The van der Waals surface area contributed by atoms with Crippen LogP contribution in [0.1, 0.15) is 36.1 Å². The van der Waals surface area contributed by atoms with Crippen molar-refractivity contribution in [1.29, 1.82) is 0 Å². The van der Waals surface area contributed by atoms with Crippen LogP contribution in [0, 0.1) is 20.8 Å². The van der Waals surface area contributed by atoms with Gasteiger partial charge in [-0.1, -0.05) is 59.1 Å². The zero-order valence-electron chi connectivity index (χ0n) is 22.7. The van der Waals surface area contributed by atoms with Crippen LogP contribution in [0.3, 0.4) is 0 Å². The van der Waals surface area contributed by atoms with Gasteiger partial charge in [0.1, 0.15) is 12.6 Å². The normalized spacial score (nSPS) is 12.1. The highest BCUT2D eigenvalue weighted by atomic mass is 35.5. The minimum absolute atomic E-state index is 0.0155. The largest absolute Gasteiger partial charge is 0.355 e. The van der Waals surface area contributed by atoms with Gasteiger partial charge in [-0.15, -0.1) is 0 Å². The number of carbonyl (C=O) groups excluding carboxylic acids is 2. The molecule has 0 aromatic heterocycles. The topological polar surface area (TPSA) is 86.8 Å². The maximum absolute atomic E-state index is 14.0. The van der Waals surface area contributed by atoms with Crippen molar-refractivity contribution in [2.45, 2.75) is 52.1 Å². The first-order chi connectivity index (χ1) is 18.3. The van der Waals surface area contributed by atoms with E-state index in [0.717, 1.165) is 15.4 Å². The molecule has 1 atom stereocenters. The van der Waals surface area contributed by atoms with E-state index in [1.54, 1.807) is 57.2 Å². The average Bonchev–Trinajstić information content (AvgIpc) is 2.88. The van der Waals surface area contributed by atoms with E-state index in [4.69, 9.17) is 23.2 Å². The number of hydrogen-bond acceptors (Lipinski definition) is 4. The number of benzene rings is 3. The van der Waals surface area contributed by atoms with Crippen molar-refractivity contribution in [3.63, 3.8) is 0 Å². The molecular weight excluding hydrogens is 557 g/mol. The Hall–Kier alpha value is -3.07. The Balaban J connectivity index is 2.09. The molecule has 0 unspecified atom stereocenters. The van der Waals surface area contributed by atoms with E-state index in [0.29, 0.717) is 33.4 Å². The molecule has 208 valence electrons. The molecule has 10 heteroatoms. The summed E-state index contributed by atoms with van der Waals surface area (Å²) in [4.78, 5) is 28.2. The summed E-state index contributed by atoms with van der Waals surface area (Å²) in [6, 6.07) is 15.9. The average molecular weight is 591 g/mol. The molecule has 7 nitrogen and oxygen atoms in total. The van der Waals surface area contributed by atoms with Gasteiger partial charge in [0.05, 0.1) is 10.6 Å². The summed E-state index contributed by atoms with van der Waals surface area (Å²) in [7, 11) is -4.14. The van der Waals surface area contributed by atoms with Crippen molar-refractivity contribution in [1.82, 2.24) is 10.2 Å². The molecule has 0 aliphatic heterocycles. The SMILES string of the molecule is CCNC(=O)[C@H](C)N(Cc1ccc(Cl)cc1Cl)C(=O)CN(c1cc(C)ccc1C)S(=O)(=O)c1ccc(C)cc1. The number of likely N-dealkylation sites (N-methyl/N-ethyl adjacent to an activating group) is 1. The van der Waals surface area contributed by atoms with Crippen LogP contribution in [0.25, 0.3) is 0 Å². The van der Waals surface area contributed by atoms with Crippen molar-refractivity contribution in [3.05, 3.63) is 93.0 Å². The number of sulfonamides is 1. The maximum Gasteiger partial charge on any atom is 0.264 e. The first-order valence-corrected chi connectivity index (χ1v) is 14.7. The van der Waals surface area contributed by atoms with Gasteiger partial charge in [-0.2, -0.15) is 0 Å². The van der Waals surface area contributed by atoms with Gasteiger partial charge in [0.15, 0.2) is 0 Å². The summed E-state index contributed by atoms with van der Waals surface area (Å²) in [5, 5.41) is 3.50.